The topological polar surface area (TPSA) is 78.9 Å². The second-order valence-corrected chi connectivity index (χ2v) is 20.5. The molecule has 0 heterocycles. The first kappa shape index (κ1) is 61.4. The van der Waals surface area contributed by atoms with Crippen molar-refractivity contribution in [2.75, 3.05) is 13.2 Å². The lowest BCUT2D eigenvalue weighted by molar-refractivity contribution is -0.167. The second kappa shape index (κ2) is 49.8. The molecule has 0 saturated heterocycles. The zero-order valence-electron chi connectivity index (χ0n) is 43.2. The van der Waals surface area contributed by atoms with Gasteiger partial charge in [-0.2, -0.15) is 0 Å². The van der Waals surface area contributed by atoms with E-state index in [2.05, 4.69) is 34.6 Å². The maximum Gasteiger partial charge on any atom is 0.306 e. The standard InChI is InChI=1S/C57H110O6/c1-6-7-8-9-10-11-12-13-14-17-20-23-26-32-37-42-47-55(58)61-50-54(51-62-56(59)48-43-38-33-29-28-31-36-41-46-53(4)5)63-57(60)49-44-39-34-27-24-21-18-15-16-19-22-25-30-35-40-45-52(2)3/h52-54H,6-51H2,1-5H3/t54-/m1/s1. The van der Waals surface area contributed by atoms with Crippen molar-refractivity contribution >= 4 is 17.9 Å². The molecule has 6 heteroatoms. The van der Waals surface area contributed by atoms with E-state index in [1.165, 1.54) is 205 Å². The number of ether oxygens (including phenoxy) is 3. The Morgan fingerprint density at radius 1 is 0.302 bits per heavy atom. The molecular weight excluding hydrogens is 781 g/mol. The first-order chi connectivity index (χ1) is 30.7. The van der Waals surface area contributed by atoms with Crippen molar-refractivity contribution in [2.24, 2.45) is 11.8 Å². The molecule has 6 nitrogen and oxygen atoms in total. The van der Waals surface area contributed by atoms with Crippen LogP contribution in [0.15, 0.2) is 0 Å². The van der Waals surface area contributed by atoms with Gasteiger partial charge in [-0.15, -0.1) is 0 Å². The normalized spacial score (nSPS) is 12.0. The van der Waals surface area contributed by atoms with E-state index in [9.17, 15) is 14.4 Å². The van der Waals surface area contributed by atoms with E-state index in [-0.39, 0.29) is 31.1 Å². The smallest absolute Gasteiger partial charge is 0.306 e. The summed E-state index contributed by atoms with van der Waals surface area (Å²) in [7, 11) is 0. The van der Waals surface area contributed by atoms with Crippen molar-refractivity contribution in [1.29, 1.82) is 0 Å². The molecule has 0 rings (SSSR count). The number of hydrogen-bond donors (Lipinski definition) is 0. The molecule has 0 aromatic heterocycles. The van der Waals surface area contributed by atoms with Crippen molar-refractivity contribution in [3.63, 3.8) is 0 Å². The van der Waals surface area contributed by atoms with E-state index in [1.807, 2.05) is 0 Å². The Bertz CT molecular complexity index is 962. The summed E-state index contributed by atoms with van der Waals surface area (Å²) >= 11 is 0. The average molecular weight is 892 g/mol. The number of rotatable bonds is 51. The van der Waals surface area contributed by atoms with Crippen molar-refractivity contribution in [3.8, 4) is 0 Å². The van der Waals surface area contributed by atoms with Crippen LogP contribution in [0.4, 0.5) is 0 Å². The van der Waals surface area contributed by atoms with Gasteiger partial charge in [0.05, 0.1) is 0 Å². The number of hydrogen-bond acceptors (Lipinski definition) is 6. The Labute approximate surface area is 393 Å². The third kappa shape index (κ3) is 51.3. The van der Waals surface area contributed by atoms with E-state index < -0.39 is 6.10 Å². The van der Waals surface area contributed by atoms with Gasteiger partial charge < -0.3 is 14.2 Å². The molecule has 0 aliphatic carbocycles. The number of carbonyl (C=O) groups excluding carboxylic acids is 3. The van der Waals surface area contributed by atoms with Crippen LogP contribution >= 0.6 is 0 Å². The molecule has 63 heavy (non-hydrogen) atoms. The lowest BCUT2D eigenvalue weighted by Gasteiger charge is -2.18. The molecule has 0 spiro atoms. The van der Waals surface area contributed by atoms with Gasteiger partial charge in [-0.1, -0.05) is 279 Å². The summed E-state index contributed by atoms with van der Waals surface area (Å²) in [6.45, 7) is 11.4. The summed E-state index contributed by atoms with van der Waals surface area (Å²) in [5.41, 5.74) is 0. The fourth-order valence-electron chi connectivity index (χ4n) is 8.70. The molecule has 0 aromatic carbocycles. The van der Waals surface area contributed by atoms with Gasteiger partial charge in [0.1, 0.15) is 13.2 Å². The Morgan fingerprint density at radius 3 is 0.778 bits per heavy atom. The fourth-order valence-corrected chi connectivity index (χ4v) is 8.70. The first-order valence-corrected chi connectivity index (χ1v) is 28.2. The van der Waals surface area contributed by atoms with Gasteiger partial charge in [0.15, 0.2) is 6.10 Å². The minimum atomic E-state index is -0.762. The second-order valence-electron chi connectivity index (χ2n) is 20.5. The minimum Gasteiger partial charge on any atom is -0.462 e. The minimum absolute atomic E-state index is 0.0632. The monoisotopic (exact) mass is 891 g/mol. The quantitative estimate of drug-likeness (QED) is 0.0344. The first-order valence-electron chi connectivity index (χ1n) is 28.2. The van der Waals surface area contributed by atoms with Gasteiger partial charge >= 0.3 is 17.9 Å². The van der Waals surface area contributed by atoms with E-state index in [0.717, 1.165) is 69.6 Å². The van der Waals surface area contributed by atoms with E-state index in [0.29, 0.717) is 19.3 Å². The molecule has 1 atom stereocenters. The van der Waals surface area contributed by atoms with Gasteiger partial charge in [0, 0.05) is 19.3 Å². The van der Waals surface area contributed by atoms with Crippen molar-refractivity contribution in [2.45, 2.75) is 323 Å². The van der Waals surface area contributed by atoms with Gasteiger partial charge in [0.2, 0.25) is 0 Å². The molecule has 0 amide bonds. The highest BCUT2D eigenvalue weighted by Crippen LogP contribution is 2.18. The summed E-state index contributed by atoms with van der Waals surface area (Å²) in [5, 5.41) is 0. The van der Waals surface area contributed by atoms with Crippen LogP contribution in [0.2, 0.25) is 0 Å². The summed E-state index contributed by atoms with van der Waals surface area (Å²) < 4.78 is 16.9. The fraction of sp³-hybridized carbons (Fsp3) is 0.947. The largest absolute Gasteiger partial charge is 0.462 e. The molecule has 0 saturated carbocycles. The van der Waals surface area contributed by atoms with Crippen molar-refractivity contribution in [1.82, 2.24) is 0 Å². The summed E-state index contributed by atoms with van der Waals surface area (Å²) in [6, 6.07) is 0. The predicted molar refractivity (Wildman–Crippen MR) is 270 cm³/mol. The molecular formula is C57H110O6. The van der Waals surface area contributed by atoms with Crippen LogP contribution in [0.25, 0.3) is 0 Å². The Morgan fingerprint density at radius 2 is 0.524 bits per heavy atom. The van der Waals surface area contributed by atoms with E-state index >= 15 is 0 Å². The van der Waals surface area contributed by atoms with Crippen LogP contribution in [0, 0.1) is 11.8 Å². The SMILES string of the molecule is CCCCCCCCCCCCCCCCCCC(=O)OC[C@H](COC(=O)CCCCCCCCCCC(C)C)OC(=O)CCCCCCCCCCCCCCCCCC(C)C. The molecule has 0 fully saturated rings. The lowest BCUT2D eigenvalue weighted by Crippen LogP contribution is -2.30. The van der Waals surface area contributed by atoms with Crippen LogP contribution in [0.1, 0.15) is 317 Å². The van der Waals surface area contributed by atoms with Gasteiger partial charge in [-0.25, -0.2) is 0 Å². The third-order valence-corrected chi connectivity index (χ3v) is 13.0. The van der Waals surface area contributed by atoms with Gasteiger partial charge in [-0.3, -0.25) is 14.4 Å². The number of carbonyl (C=O) groups is 3. The van der Waals surface area contributed by atoms with Crippen LogP contribution in [-0.4, -0.2) is 37.2 Å². The van der Waals surface area contributed by atoms with E-state index in [4.69, 9.17) is 14.2 Å². The van der Waals surface area contributed by atoms with Gasteiger partial charge in [0.25, 0.3) is 0 Å². The maximum atomic E-state index is 12.8. The number of esters is 3. The Hall–Kier alpha value is -1.59. The molecule has 0 N–H and O–H groups in total. The number of unbranched alkanes of at least 4 members (excludes halogenated alkanes) is 36. The third-order valence-electron chi connectivity index (χ3n) is 13.0. The zero-order chi connectivity index (χ0) is 46.1. The van der Waals surface area contributed by atoms with Crippen LogP contribution in [0.5, 0.6) is 0 Å². The highest BCUT2D eigenvalue weighted by atomic mass is 16.6. The predicted octanol–water partition coefficient (Wildman–Crippen LogP) is 18.5. The molecule has 0 unspecified atom stereocenters. The van der Waals surface area contributed by atoms with E-state index in [1.54, 1.807) is 0 Å². The molecule has 0 aliphatic heterocycles. The van der Waals surface area contributed by atoms with Crippen molar-refractivity contribution in [3.05, 3.63) is 0 Å². The average Bonchev–Trinajstić information content (AvgIpc) is 3.25. The summed E-state index contributed by atoms with van der Waals surface area (Å²) in [5.74, 6) is 0.801. The molecule has 0 aromatic rings. The van der Waals surface area contributed by atoms with Gasteiger partial charge in [-0.05, 0) is 31.1 Å². The highest BCUT2D eigenvalue weighted by molar-refractivity contribution is 5.71. The van der Waals surface area contributed by atoms with Crippen LogP contribution < -0.4 is 0 Å². The Kier molecular flexibility index (Phi) is 48.6. The zero-order valence-corrected chi connectivity index (χ0v) is 43.2. The summed E-state index contributed by atoms with van der Waals surface area (Å²) in [6.07, 6.45) is 52.4. The Balaban J connectivity index is 4.27. The lowest BCUT2D eigenvalue weighted by atomic mass is 10.0. The van der Waals surface area contributed by atoms with Crippen molar-refractivity contribution < 1.29 is 28.6 Å². The van der Waals surface area contributed by atoms with Crippen LogP contribution in [-0.2, 0) is 28.6 Å². The summed E-state index contributed by atoms with van der Waals surface area (Å²) in [4.78, 5) is 38.1. The molecule has 0 radical (unpaired) electrons. The maximum absolute atomic E-state index is 12.8. The molecule has 374 valence electrons. The molecule has 0 bridgehead atoms. The highest BCUT2D eigenvalue weighted by Gasteiger charge is 2.19. The molecule has 0 aliphatic rings. The van der Waals surface area contributed by atoms with Crippen LogP contribution in [0.3, 0.4) is 0 Å².